The number of hydrazone groups is 1. The maximum absolute atomic E-state index is 12.6. The molecule has 24 heavy (non-hydrogen) atoms. The third-order valence-corrected chi connectivity index (χ3v) is 6.02. The molecule has 0 aliphatic rings. The molecule has 1 N–H and O–H groups in total. The Morgan fingerprint density at radius 3 is 2.17 bits per heavy atom. The fourth-order valence-electron chi connectivity index (χ4n) is 2.10. The maximum Gasteiger partial charge on any atom is 0.206 e. The van der Waals surface area contributed by atoms with E-state index >= 15 is 0 Å². The quantitative estimate of drug-likeness (QED) is 0.547. The van der Waals surface area contributed by atoms with Crippen molar-refractivity contribution in [2.24, 2.45) is 5.10 Å². The van der Waals surface area contributed by atoms with Gasteiger partial charge in [-0.15, -0.1) is 11.3 Å². The van der Waals surface area contributed by atoms with Crippen LogP contribution >= 0.6 is 11.3 Å². The van der Waals surface area contributed by atoms with Crippen LogP contribution in [0.2, 0.25) is 0 Å². The van der Waals surface area contributed by atoms with Crippen LogP contribution in [0.15, 0.2) is 80.9 Å². The van der Waals surface area contributed by atoms with E-state index in [0.717, 1.165) is 16.1 Å². The molecule has 3 aromatic rings. The Kier molecular flexibility index (Phi) is 4.78. The zero-order valence-corrected chi connectivity index (χ0v) is 14.6. The number of nitrogens with zero attached hydrogens (tertiary/aromatic N) is 1. The highest BCUT2D eigenvalue weighted by Gasteiger charge is 2.16. The van der Waals surface area contributed by atoms with Crippen LogP contribution in [0.25, 0.3) is 0 Å². The predicted molar refractivity (Wildman–Crippen MR) is 98.6 cm³/mol. The van der Waals surface area contributed by atoms with E-state index in [9.17, 15) is 8.42 Å². The molecule has 0 saturated heterocycles. The summed E-state index contributed by atoms with van der Waals surface area (Å²) in [7, 11) is -3.49. The van der Waals surface area contributed by atoms with Gasteiger partial charge >= 0.3 is 0 Å². The van der Waals surface area contributed by atoms with E-state index in [1.807, 2.05) is 24.4 Å². The number of benzene rings is 2. The van der Waals surface area contributed by atoms with Crippen molar-refractivity contribution in [1.82, 2.24) is 0 Å². The van der Waals surface area contributed by atoms with Crippen LogP contribution in [0.4, 0.5) is 5.69 Å². The molecule has 1 heterocycles. The molecule has 0 atom stereocenters. The van der Waals surface area contributed by atoms with E-state index in [-0.39, 0.29) is 4.90 Å². The number of sulfone groups is 1. The van der Waals surface area contributed by atoms with Gasteiger partial charge in [-0.05, 0) is 54.8 Å². The Morgan fingerprint density at radius 2 is 1.58 bits per heavy atom. The standard InChI is InChI=1S/C18H16N2O2S2/c1-14-4-8-17(9-5-14)24(21,22)18-10-6-15(7-11-18)20-19-13-16-3-2-12-23-16/h2-13,20H,1H3/b19-13-. The zero-order valence-electron chi connectivity index (χ0n) is 13.0. The average Bonchev–Trinajstić information content (AvgIpc) is 3.09. The molecular formula is C18H16N2O2S2. The molecule has 0 aliphatic carbocycles. The van der Waals surface area contributed by atoms with Gasteiger partial charge in [0.1, 0.15) is 0 Å². The Balaban J connectivity index is 1.75. The second-order valence-corrected chi connectivity index (χ2v) is 8.16. The predicted octanol–water partition coefficient (Wildman–Crippen LogP) is 4.34. The number of rotatable bonds is 5. The van der Waals surface area contributed by atoms with Crippen molar-refractivity contribution in [2.45, 2.75) is 16.7 Å². The van der Waals surface area contributed by atoms with Gasteiger partial charge < -0.3 is 0 Å². The lowest BCUT2D eigenvalue weighted by Gasteiger charge is -2.06. The molecule has 1 aromatic heterocycles. The highest BCUT2D eigenvalue weighted by atomic mass is 32.2. The first-order valence-electron chi connectivity index (χ1n) is 7.30. The van der Waals surface area contributed by atoms with Crippen LogP contribution in [-0.2, 0) is 9.84 Å². The van der Waals surface area contributed by atoms with Gasteiger partial charge in [-0.1, -0.05) is 23.8 Å². The summed E-state index contributed by atoms with van der Waals surface area (Å²) in [5.74, 6) is 0. The third kappa shape index (κ3) is 3.72. The van der Waals surface area contributed by atoms with E-state index < -0.39 is 9.84 Å². The summed E-state index contributed by atoms with van der Waals surface area (Å²) in [6.45, 7) is 1.92. The number of hydrogen-bond acceptors (Lipinski definition) is 5. The van der Waals surface area contributed by atoms with E-state index in [1.165, 1.54) is 0 Å². The SMILES string of the molecule is Cc1ccc(S(=O)(=O)c2ccc(N/N=C\c3cccs3)cc2)cc1. The van der Waals surface area contributed by atoms with Crippen molar-refractivity contribution in [3.8, 4) is 0 Å². The van der Waals surface area contributed by atoms with Crippen molar-refractivity contribution in [3.05, 3.63) is 76.5 Å². The topological polar surface area (TPSA) is 58.5 Å². The summed E-state index contributed by atoms with van der Waals surface area (Å²) in [4.78, 5) is 1.60. The largest absolute Gasteiger partial charge is 0.278 e. The molecule has 0 unspecified atom stereocenters. The van der Waals surface area contributed by atoms with Gasteiger partial charge in [0.05, 0.1) is 21.7 Å². The molecule has 0 saturated carbocycles. The van der Waals surface area contributed by atoms with Gasteiger partial charge in [0, 0.05) is 4.88 Å². The molecule has 0 amide bonds. The van der Waals surface area contributed by atoms with Crippen LogP contribution in [0.5, 0.6) is 0 Å². The Labute approximate surface area is 145 Å². The van der Waals surface area contributed by atoms with E-state index in [4.69, 9.17) is 0 Å². The molecule has 0 spiro atoms. The van der Waals surface area contributed by atoms with Crippen molar-refractivity contribution < 1.29 is 8.42 Å². The first-order valence-corrected chi connectivity index (χ1v) is 9.66. The fourth-order valence-corrected chi connectivity index (χ4v) is 3.94. The highest BCUT2D eigenvalue weighted by molar-refractivity contribution is 7.91. The molecule has 0 fully saturated rings. The Bertz CT molecular complexity index is 928. The van der Waals surface area contributed by atoms with Crippen LogP contribution in [0.3, 0.4) is 0 Å². The van der Waals surface area contributed by atoms with Crippen molar-refractivity contribution in [2.75, 3.05) is 5.43 Å². The number of hydrogen-bond donors (Lipinski definition) is 1. The summed E-state index contributed by atoms with van der Waals surface area (Å²) >= 11 is 1.59. The molecule has 0 aliphatic heterocycles. The molecule has 122 valence electrons. The van der Waals surface area contributed by atoms with E-state index in [2.05, 4.69) is 10.5 Å². The highest BCUT2D eigenvalue weighted by Crippen LogP contribution is 2.22. The van der Waals surface area contributed by atoms with Gasteiger partial charge in [-0.3, -0.25) is 5.43 Å². The Hall–Kier alpha value is -2.44. The normalized spacial score (nSPS) is 11.7. The Morgan fingerprint density at radius 1 is 0.958 bits per heavy atom. The summed E-state index contributed by atoms with van der Waals surface area (Å²) in [5, 5.41) is 6.11. The summed E-state index contributed by atoms with van der Waals surface area (Å²) in [5.41, 5.74) is 4.64. The number of anilines is 1. The third-order valence-electron chi connectivity index (χ3n) is 3.42. The molecule has 4 nitrogen and oxygen atoms in total. The lowest BCUT2D eigenvalue weighted by Crippen LogP contribution is -2.02. The number of thiophene rings is 1. The minimum Gasteiger partial charge on any atom is -0.278 e. The number of aryl methyl sites for hydroxylation is 1. The van der Waals surface area contributed by atoms with Gasteiger partial charge in [0.15, 0.2) is 0 Å². The zero-order chi connectivity index (χ0) is 17.0. The van der Waals surface area contributed by atoms with Crippen LogP contribution in [0.1, 0.15) is 10.4 Å². The van der Waals surface area contributed by atoms with E-state index in [0.29, 0.717) is 4.90 Å². The molecule has 2 aromatic carbocycles. The van der Waals surface area contributed by atoms with Crippen molar-refractivity contribution in [3.63, 3.8) is 0 Å². The molecule has 0 bridgehead atoms. The minimum absolute atomic E-state index is 0.263. The smallest absolute Gasteiger partial charge is 0.206 e. The van der Waals surface area contributed by atoms with Crippen molar-refractivity contribution >= 4 is 33.1 Å². The molecule has 0 radical (unpaired) electrons. The second-order valence-electron chi connectivity index (χ2n) is 5.23. The number of nitrogens with one attached hydrogen (secondary N) is 1. The maximum atomic E-state index is 12.6. The van der Waals surface area contributed by atoms with Gasteiger partial charge in [-0.25, -0.2) is 8.42 Å². The lowest BCUT2D eigenvalue weighted by atomic mass is 10.2. The monoisotopic (exact) mass is 356 g/mol. The summed E-state index contributed by atoms with van der Waals surface area (Å²) in [6, 6.07) is 17.3. The second kappa shape index (κ2) is 6.98. The minimum atomic E-state index is -3.49. The molecular weight excluding hydrogens is 340 g/mol. The van der Waals surface area contributed by atoms with E-state index in [1.54, 1.807) is 66.1 Å². The molecule has 3 rings (SSSR count). The fraction of sp³-hybridized carbons (Fsp3) is 0.0556. The first-order chi connectivity index (χ1) is 11.6. The lowest BCUT2D eigenvalue weighted by molar-refractivity contribution is 0.596. The summed E-state index contributed by atoms with van der Waals surface area (Å²) in [6.07, 6.45) is 1.72. The van der Waals surface area contributed by atoms with Crippen LogP contribution in [-0.4, -0.2) is 14.6 Å². The average molecular weight is 356 g/mol. The van der Waals surface area contributed by atoms with Crippen LogP contribution < -0.4 is 5.43 Å². The first kappa shape index (κ1) is 16.4. The van der Waals surface area contributed by atoms with Gasteiger partial charge in [-0.2, -0.15) is 5.10 Å². The van der Waals surface area contributed by atoms with Crippen LogP contribution in [0, 0.1) is 6.92 Å². The summed E-state index contributed by atoms with van der Waals surface area (Å²) < 4.78 is 25.2. The van der Waals surface area contributed by atoms with Crippen molar-refractivity contribution in [1.29, 1.82) is 0 Å². The molecule has 6 heteroatoms. The van der Waals surface area contributed by atoms with Gasteiger partial charge in [0.25, 0.3) is 0 Å². The van der Waals surface area contributed by atoms with Gasteiger partial charge in [0.2, 0.25) is 9.84 Å².